The monoisotopic (exact) mass is 379 g/mol. The van der Waals surface area contributed by atoms with E-state index in [0.717, 1.165) is 22.6 Å². The predicted molar refractivity (Wildman–Crippen MR) is 109 cm³/mol. The molecule has 2 heterocycles. The Balaban J connectivity index is 0.00000225. The average molecular weight is 380 g/mol. The molecule has 1 amide bonds. The SMILES string of the molecule is CNC(=O)c1ccc(Nc2nc3cccc(-c4cccc(Cl)c4)n3n2)cc1.[HH]. The lowest BCUT2D eigenvalue weighted by atomic mass is 10.1. The van der Waals surface area contributed by atoms with E-state index in [1.807, 2.05) is 54.6 Å². The van der Waals surface area contributed by atoms with Gasteiger partial charge in [-0.15, -0.1) is 5.10 Å². The van der Waals surface area contributed by atoms with Crippen LogP contribution in [0.2, 0.25) is 5.02 Å². The van der Waals surface area contributed by atoms with Crippen molar-refractivity contribution in [2.75, 3.05) is 12.4 Å². The normalized spacial score (nSPS) is 10.7. The highest BCUT2D eigenvalue weighted by Crippen LogP contribution is 2.24. The third kappa shape index (κ3) is 3.47. The predicted octanol–water partition coefficient (Wildman–Crippen LogP) is 4.40. The number of fused-ring (bicyclic) bond motifs is 1. The van der Waals surface area contributed by atoms with Crippen LogP contribution in [0.5, 0.6) is 0 Å². The molecule has 0 spiro atoms. The van der Waals surface area contributed by atoms with Gasteiger partial charge < -0.3 is 10.6 Å². The minimum Gasteiger partial charge on any atom is -0.355 e. The maximum atomic E-state index is 11.6. The zero-order chi connectivity index (χ0) is 18.8. The largest absolute Gasteiger partial charge is 0.355 e. The van der Waals surface area contributed by atoms with Crippen LogP contribution >= 0.6 is 11.6 Å². The van der Waals surface area contributed by atoms with Crippen molar-refractivity contribution in [3.63, 3.8) is 0 Å². The van der Waals surface area contributed by atoms with Crippen LogP contribution in [0.25, 0.3) is 16.9 Å². The number of pyridine rings is 1. The molecule has 2 N–H and O–H groups in total. The summed E-state index contributed by atoms with van der Waals surface area (Å²) in [4.78, 5) is 16.1. The molecule has 4 aromatic rings. The fourth-order valence-corrected chi connectivity index (χ4v) is 2.99. The summed E-state index contributed by atoms with van der Waals surface area (Å²) >= 11 is 6.12. The first-order valence-corrected chi connectivity index (χ1v) is 8.73. The topological polar surface area (TPSA) is 71.3 Å². The van der Waals surface area contributed by atoms with Crippen LogP contribution < -0.4 is 10.6 Å². The Hall–Kier alpha value is -3.38. The van der Waals surface area contributed by atoms with Gasteiger partial charge in [0, 0.05) is 30.3 Å². The van der Waals surface area contributed by atoms with E-state index in [9.17, 15) is 4.79 Å². The van der Waals surface area contributed by atoms with Crippen LogP contribution in [0.15, 0.2) is 66.7 Å². The van der Waals surface area contributed by atoms with Gasteiger partial charge in [0.1, 0.15) is 0 Å². The van der Waals surface area contributed by atoms with Gasteiger partial charge in [-0.1, -0.05) is 29.8 Å². The van der Waals surface area contributed by atoms with Crippen LogP contribution in [0, 0.1) is 0 Å². The smallest absolute Gasteiger partial charge is 0.251 e. The van der Waals surface area contributed by atoms with E-state index in [2.05, 4.69) is 20.7 Å². The Bertz CT molecular complexity index is 1130. The summed E-state index contributed by atoms with van der Waals surface area (Å²) in [6, 6.07) is 20.5. The van der Waals surface area contributed by atoms with Gasteiger partial charge in [0.05, 0.1) is 5.69 Å². The lowest BCUT2D eigenvalue weighted by molar-refractivity contribution is 0.0963. The molecule has 2 aromatic heterocycles. The Kier molecular flexibility index (Phi) is 4.48. The molecule has 4 rings (SSSR count). The third-order valence-corrected chi connectivity index (χ3v) is 4.35. The van der Waals surface area contributed by atoms with Crippen molar-refractivity contribution in [3.05, 3.63) is 77.3 Å². The molecule has 136 valence electrons. The van der Waals surface area contributed by atoms with Gasteiger partial charge in [-0.25, -0.2) is 4.52 Å². The van der Waals surface area contributed by atoms with E-state index in [1.165, 1.54) is 0 Å². The molecule has 0 saturated heterocycles. The number of hydrogen-bond acceptors (Lipinski definition) is 4. The van der Waals surface area contributed by atoms with Crippen LogP contribution in [0.4, 0.5) is 11.6 Å². The highest BCUT2D eigenvalue weighted by molar-refractivity contribution is 6.30. The van der Waals surface area contributed by atoms with Gasteiger partial charge in [0.15, 0.2) is 5.65 Å². The maximum absolute atomic E-state index is 11.6. The zero-order valence-corrected chi connectivity index (χ0v) is 15.2. The fraction of sp³-hybridized carbons (Fsp3) is 0.0500. The molecule has 6 nitrogen and oxygen atoms in total. The zero-order valence-electron chi connectivity index (χ0n) is 14.5. The summed E-state index contributed by atoms with van der Waals surface area (Å²) in [5.41, 5.74) is 3.96. The van der Waals surface area contributed by atoms with E-state index in [0.29, 0.717) is 16.5 Å². The summed E-state index contributed by atoms with van der Waals surface area (Å²) in [7, 11) is 1.60. The molecule has 27 heavy (non-hydrogen) atoms. The fourth-order valence-electron chi connectivity index (χ4n) is 2.80. The standard InChI is InChI=1S/C20H16ClN5O.H2/c1-22-19(27)13-8-10-16(11-9-13)23-20-24-18-7-3-6-17(26(18)25-20)14-4-2-5-15(21)12-14;/h2-12H,1H3,(H,22,27)(H,23,25);1H. The van der Waals surface area contributed by atoms with Gasteiger partial charge in [-0.3, -0.25) is 4.79 Å². The van der Waals surface area contributed by atoms with Crippen LogP contribution in [-0.4, -0.2) is 27.6 Å². The van der Waals surface area contributed by atoms with E-state index in [4.69, 9.17) is 11.6 Å². The number of aromatic nitrogens is 3. The molecule has 0 bridgehead atoms. The average Bonchev–Trinajstić information content (AvgIpc) is 3.10. The summed E-state index contributed by atoms with van der Waals surface area (Å²) < 4.78 is 1.77. The number of hydrogen-bond donors (Lipinski definition) is 2. The molecule has 0 saturated carbocycles. The number of anilines is 2. The molecule has 0 aliphatic heterocycles. The molecule has 0 atom stereocenters. The van der Waals surface area contributed by atoms with E-state index >= 15 is 0 Å². The Labute approximate surface area is 162 Å². The number of carbonyl (C=O) groups excluding carboxylic acids is 1. The van der Waals surface area contributed by atoms with Gasteiger partial charge in [-0.05, 0) is 48.5 Å². The number of benzene rings is 2. The van der Waals surface area contributed by atoms with E-state index in [1.54, 1.807) is 23.7 Å². The van der Waals surface area contributed by atoms with Gasteiger partial charge in [-0.2, -0.15) is 4.98 Å². The minimum atomic E-state index is -0.126. The first-order chi connectivity index (χ1) is 13.1. The maximum Gasteiger partial charge on any atom is 0.251 e. The second-order valence-electron chi connectivity index (χ2n) is 5.91. The molecule has 0 fully saturated rings. The van der Waals surface area contributed by atoms with Crippen LogP contribution in [-0.2, 0) is 0 Å². The van der Waals surface area contributed by atoms with E-state index < -0.39 is 0 Å². The molecule has 7 heteroatoms. The first-order valence-electron chi connectivity index (χ1n) is 8.35. The van der Waals surface area contributed by atoms with Crippen molar-refractivity contribution < 1.29 is 6.22 Å². The highest BCUT2D eigenvalue weighted by Gasteiger charge is 2.10. The number of carbonyl (C=O) groups is 1. The quantitative estimate of drug-likeness (QED) is 0.551. The third-order valence-electron chi connectivity index (χ3n) is 4.11. The molecule has 2 aromatic carbocycles. The van der Waals surface area contributed by atoms with Crippen LogP contribution in [0.3, 0.4) is 0 Å². The Morgan fingerprint density at radius 2 is 1.85 bits per heavy atom. The van der Waals surface area contributed by atoms with Gasteiger partial charge in [0.2, 0.25) is 5.95 Å². The summed E-state index contributed by atoms with van der Waals surface area (Å²) in [5.74, 6) is 0.343. The number of halogens is 1. The first kappa shape index (κ1) is 17.1. The van der Waals surface area contributed by atoms with Crippen LogP contribution in [0.1, 0.15) is 11.8 Å². The number of nitrogens with zero attached hydrogens (tertiary/aromatic N) is 3. The molecular weight excluding hydrogens is 362 g/mol. The lowest BCUT2D eigenvalue weighted by Gasteiger charge is -2.04. The second-order valence-corrected chi connectivity index (χ2v) is 6.34. The Morgan fingerprint density at radius 3 is 2.59 bits per heavy atom. The van der Waals surface area contributed by atoms with Gasteiger partial charge >= 0.3 is 0 Å². The number of amides is 1. The Morgan fingerprint density at radius 1 is 1.07 bits per heavy atom. The molecule has 0 unspecified atom stereocenters. The lowest BCUT2D eigenvalue weighted by Crippen LogP contribution is -2.17. The molecule has 0 aliphatic rings. The molecular formula is C20H18ClN5O. The van der Waals surface area contributed by atoms with Crippen molar-refractivity contribution in [3.8, 4) is 11.3 Å². The number of rotatable bonds is 4. The highest BCUT2D eigenvalue weighted by atomic mass is 35.5. The summed E-state index contributed by atoms with van der Waals surface area (Å²) in [5, 5.41) is 11.0. The van der Waals surface area contributed by atoms with E-state index in [-0.39, 0.29) is 7.33 Å². The van der Waals surface area contributed by atoms with Gasteiger partial charge in [0.25, 0.3) is 5.91 Å². The summed E-state index contributed by atoms with van der Waals surface area (Å²) in [6.07, 6.45) is 0. The summed E-state index contributed by atoms with van der Waals surface area (Å²) in [6.45, 7) is 0. The number of nitrogens with one attached hydrogen (secondary N) is 2. The van der Waals surface area contributed by atoms with Crippen molar-refractivity contribution in [2.45, 2.75) is 0 Å². The van der Waals surface area contributed by atoms with Crippen molar-refractivity contribution in [1.29, 1.82) is 0 Å². The van der Waals surface area contributed by atoms with Crippen molar-refractivity contribution in [2.24, 2.45) is 0 Å². The van der Waals surface area contributed by atoms with Crippen molar-refractivity contribution in [1.82, 2.24) is 19.9 Å². The minimum absolute atomic E-state index is 0. The molecule has 0 aliphatic carbocycles. The molecule has 0 radical (unpaired) electrons. The second kappa shape index (κ2) is 7.09. The van der Waals surface area contributed by atoms with Crippen molar-refractivity contribution >= 4 is 34.8 Å².